The number of nitrogens with one attached hydrogen (secondary N) is 2. The fourth-order valence-electron chi connectivity index (χ4n) is 2.16. The zero-order chi connectivity index (χ0) is 19.3. The Bertz CT molecular complexity index is 961. The molecule has 0 aliphatic rings. The zero-order valence-corrected chi connectivity index (χ0v) is 14.9. The summed E-state index contributed by atoms with van der Waals surface area (Å²) in [7, 11) is -4.37. The monoisotopic (exact) mass is 388 g/mol. The normalized spacial score (nSPS) is 12.9. The molecule has 0 saturated heterocycles. The van der Waals surface area contributed by atoms with E-state index in [1.54, 1.807) is 48.5 Å². The van der Waals surface area contributed by atoms with Crippen LogP contribution in [0.5, 0.6) is 0 Å². The Morgan fingerprint density at radius 2 is 1.93 bits per heavy atom. The predicted octanol–water partition coefficient (Wildman–Crippen LogP) is 2.00. The zero-order valence-electron chi connectivity index (χ0n) is 14.0. The van der Waals surface area contributed by atoms with Gasteiger partial charge in [0.2, 0.25) is 0 Å². The topological polar surface area (TPSA) is 148 Å². The summed E-state index contributed by atoms with van der Waals surface area (Å²) in [5.41, 5.74) is 7.75. The first kappa shape index (κ1) is 18.6. The van der Waals surface area contributed by atoms with Crippen LogP contribution in [0, 0.1) is 5.41 Å². The lowest BCUT2D eigenvalue weighted by Crippen LogP contribution is -2.20. The standard InChI is InChI=1S/C16H17N6O4P/c17-16(18)19-14-8-6-13(7-9-14)15-10-22(21-20-15)26-27(23,24)25-11-12-4-2-1-3-5-12/h1-10H,11H2,(H,23,24)(H4,17,18,19). The Morgan fingerprint density at radius 1 is 1.22 bits per heavy atom. The second-order valence-electron chi connectivity index (χ2n) is 5.43. The number of hydrogen-bond donors (Lipinski definition) is 4. The van der Waals surface area contributed by atoms with Crippen molar-refractivity contribution in [3.8, 4) is 11.3 Å². The molecule has 27 heavy (non-hydrogen) atoms. The van der Waals surface area contributed by atoms with Crippen LogP contribution in [-0.4, -0.2) is 26.0 Å². The van der Waals surface area contributed by atoms with E-state index in [1.165, 1.54) is 6.20 Å². The van der Waals surface area contributed by atoms with Gasteiger partial charge < -0.3 is 11.1 Å². The maximum Gasteiger partial charge on any atom is 0.548 e. The molecule has 3 aromatic rings. The number of guanidine groups is 1. The van der Waals surface area contributed by atoms with Crippen LogP contribution < -0.4 is 15.7 Å². The number of benzene rings is 2. The van der Waals surface area contributed by atoms with Crippen LogP contribution in [0.1, 0.15) is 5.56 Å². The average molecular weight is 388 g/mol. The van der Waals surface area contributed by atoms with E-state index in [1.807, 2.05) is 6.07 Å². The minimum Gasteiger partial charge on any atom is -0.370 e. The molecule has 1 unspecified atom stereocenters. The lowest BCUT2D eigenvalue weighted by molar-refractivity contribution is 0.114. The summed E-state index contributed by atoms with van der Waals surface area (Å²) in [4.78, 5) is 10.6. The molecule has 0 radical (unpaired) electrons. The minimum absolute atomic E-state index is 0.0826. The molecule has 11 heteroatoms. The fourth-order valence-corrected chi connectivity index (χ4v) is 2.81. The number of hydrogen-bond acceptors (Lipinski definition) is 6. The van der Waals surface area contributed by atoms with Gasteiger partial charge in [0.1, 0.15) is 5.69 Å². The molecule has 2 aromatic carbocycles. The van der Waals surface area contributed by atoms with Crippen molar-refractivity contribution in [1.29, 1.82) is 5.41 Å². The van der Waals surface area contributed by atoms with Crippen molar-refractivity contribution in [2.75, 3.05) is 5.32 Å². The number of phosphoric ester groups is 1. The Hall–Kier alpha value is -3.20. The smallest absolute Gasteiger partial charge is 0.370 e. The van der Waals surface area contributed by atoms with E-state index in [2.05, 4.69) is 15.6 Å². The fraction of sp³-hybridized carbons (Fsp3) is 0.0625. The van der Waals surface area contributed by atoms with Crippen molar-refractivity contribution >= 4 is 19.5 Å². The number of rotatable bonds is 7. The third-order valence-electron chi connectivity index (χ3n) is 3.36. The molecule has 1 aromatic heterocycles. The van der Waals surface area contributed by atoms with E-state index in [0.717, 1.165) is 10.4 Å². The summed E-state index contributed by atoms with van der Waals surface area (Å²) >= 11 is 0. The maximum atomic E-state index is 12.0. The highest BCUT2D eigenvalue weighted by atomic mass is 31.2. The number of phosphoric acid groups is 1. The van der Waals surface area contributed by atoms with Crippen LogP contribution in [0.2, 0.25) is 0 Å². The molecule has 1 heterocycles. The van der Waals surface area contributed by atoms with Crippen LogP contribution in [0.15, 0.2) is 60.8 Å². The van der Waals surface area contributed by atoms with Crippen LogP contribution in [0.4, 0.5) is 5.69 Å². The van der Waals surface area contributed by atoms with Gasteiger partial charge in [-0.3, -0.25) is 19.5 Å². The Labute approximate surface area is 154 Å². The third-order valence-corrected chi connectivity index (χ3v) is 4.19. The molecule has 0 amide bonds. The van der Waals surface area contributed by atoms with Crippen molar-refractivity contribution in [3.05, 3.63) is 66.4 Å². The van der Waals surface area contributed by atoms with E-state index in [4.69, 9.17) is 20.3 Å². The highest BCUT2D eigenvalue weighted by Crippen LogP contribution is 2.40. The average Bonchev–Trinajstić information content (AvgIpc) is 3.09. The lowest BCUT2D eigenvalue weighted by Gasteiger charge is -2.11. The van der Waals surface area contributed by atoms with Gasteiger partial charge in [-0.25, -0.2) is 4.57 Å². The molecule has 140 valence electrons. The molecular weight excluding hydrogens is 371 g/mol. The Morgan fingerprint density at radius 3 is 2.59 bits per heavy atom. The van der Waals surface area contributed by atoms with E-state index < -0.39 is 7.82 Å². The van der Waals surface area contributed by atoms with Crippen molar-refractivity contribution in [1.82, 2.24) is 15.2 Å². The molecule has 0 spiro atoms. The van der Waals surface area contributed by atoms with Crippen LogP contribution in [0.3, 0.4) is 0 Å². The molecular formula is C16H17N6O4P. The molecule has 0 bridgehead atoms. The molecule has 0 fully saturated rings. The van der Waals surface area contributed by atoms with Crippen molar-refractivity contribution in [3.63, 3.8) is 0 Å². The molecule has 1 atom stereocenters. The molecule has 0 aliphatic heterocycles. The van der Waals surface area contributed by atoms with Gasteiger partial charge >= 0.3 is 7.82 Å². The molecule has 3 rings (SSSR count). The van der Waals surface area contributed by atoms with Crippen molar-refractivity contribution in [2.45, 2.75) is 6.61 Å². The summed E-state index contributed by atoms with van der Waals surface area (Å²) in [6, 6.07) is 15.8. The van der Waals surface area contributed by atoms with E-state index in [-0.39, 0.29) is 12.6 Å². The Balaban J connectivity index is 1.63. The highest BCUT2D eigenvalue weighted by Gasteiger charge is 2.24. The van der Waals surface area contributed by atoms with Gasteiger partial charge in [-0.15, -0.1) is 5.10 Å². The van der Waals surface area contributed by atoms with Gasteiger partial charge in [-0.2, -0.15) is 0 Å². The summed E-state index contributed by atoms with van der Waals surface area (Å²) in [5, 5.41) is 17.4. The predicted molar refractivity (Wildman–Crippen MR) is 98.6 cm³/mol. The summed E-state index contributed by atoms with van der Waals surface area (Å²) < 4.78 is 21.9. The van der Waals surface area contributed by atoms with E-state index in [9.17, 15) is 9.46 Å². The van der Waals surface area contributed by atoms with Crippen LogP contribution in [0.25, 0.3) is 11.3 Å². The van der Waals surface area contributed by atoms with Gasteiger partial charge in [0.05, 0.1) is 12.8 Å². The molecule has 0 aliphatic carbocycles. The summed E-state index contributed by atoms with van der Waals surface area (Å²) in [5.74, 6) is -0.170. The maximum absolute atomic E-state index is 12.0. The van der Waals surface area contributed by atoms with E-state index in [0.29, 0.717) is 16.9 Å². The molecule has 5 N–H and O–H groups in total. The minimum atomic E-state index is -4.37. The summed E-state index contributed by atoms with van der Waals surface area (Å²) in [6.45, 7) is -0.0826. The second kappa shape index (κ2) is 8.00. The van der Waals surface area contributed by atoms with Gasteiger partial charge in [0.25, 0.3) is 0 Å². The first-order chi connectivity index (χ1) is 12.9. The van der Waals surface area contributed by atoms with Crippen LogP contribution >= 0.6 is 7.82 Å². The van der Waals surface area contributed by atoms with Gasteiger partial charge in [0.15, 0.2) is 5.96 Å². The van der Waals surface area contributed by atoms with Crippen molar-refractivity contribution < 1.29 is 18.6 Å². The first-order valence-electron chi connectivity index (χ1n) is 7.76. The SMILES string of the molecule is N=C(N)Nc1ccc(-c2cn(OP(=O)(O)OCc3ccccc3)nn2)cc1. The number of anilines is 1. The van der Waals surface area contributed by atoms with Gasteiger partial charge in [-0.1, -0.05) is 47.3 Å². The third kappa shape index (κ3) is 5.38. The van der Waals surface area contributed by atoms with Crippen LogP contribution in [-0.2, 0) is 15.7 Å². The second-order valence-corrected chi connectivity index (χ2v) is 6.79. The quantitative estimate of drug-likeness (QED) is 0.273. The first-order valence-corrected chi connectivity index (χ1v) is 9.26. The Kier molecular flexibility index (Phi) is 5.51. The highest BCUT2D eigenvalue weighted by molar-refractivity contribution is 7.47. The molecule has 0 saturated carbocycles. The largest absolute Gasteiger partial charge is 0.548 e. The van der Waals surface area contributed by atoms with E-state index >= 15 is 0 Å². The molecule has 10 nitrogen and oxygen atoms in total. The number of aromatic nitrogens is 3. The lowest BCUT2D eigenvalue weighted by atomic mass is 10.1. The number of nitrogens with zero attached hydrogens (tertiary/aromatic N) is 3. The summed E-state index contributed by atoms with van der Waals surface area (Å²) in [6.07, 6.45) is 1.35. The van der Waals surface area contributed by atoms with Gasteiger partial charge in [0, 0.05) is 11.3 Å². The van der Waals surface area contributed by atoms with Crippen molar-refractivity contribution in [2.24, 2.45) is 5.73 Å². The van der Waals surface area contributed by atoms with Gasteiger partial charge in [-0.05, 0) is 22.9 Å². The number of nitrogens with two attached hydrogens (primary N) is 1.